The summed E-state index contributed by atoms with van der Waals surface area (Å²) >= 11 is 0. The van der Waals surface area contributed by atoms with E-state index < -0.39 is 0 Å². The summed E-state index contributed by atoms with van der Waals surface area (Å²) in [6.45, 7) is 4.14. The average Bonchev–Trinajstić information content (AvgIpc) is 2.40. The third-order valence-corrected chi connectivity index (χ3v) is 3.29. The highest BCUT2D eigenvalue weighted by Crippen LogP contribution is 2.27. The molecule has 0 aromatic heterocycles. The van der Waals surface area contributed by atoms with Gasteiger partial charge in [-0.15, -0.1) is 0 Å². The second-order valence-corrected chi connectivity index (χ2v) is 5.05. The Morgan fingerprint density at radius 3 is 2.42 bits per heavy atom. The Bertz CT molecular complexity index is 536. The van der Waals surface area contributed by atoms with Crippen molar-refractivity contribution < 1.29 is 4.74 Å². The molecule has 2 heteroatoms. The summed E-state index contributed by atoms with van der Waals surface area (Å²) in [5.41, 5.74) is 3.57. The second kappa shape index (κ2) is 5.79. The molecule has 0 N–H and O–H groups in total. The van der Waals surface area contributed by atoms with E-state index in [1.54, 1.807) is 0 Å². The van der Waals surface area contributed by atoms with Crippen molar-refractivity contribution in [3.05, 3.63) is 64.8 Å². The molecule has 0 fully saturated rings. The van der Waals surface area contributed by atoms with Crippen LogP contribution in [0.1, 0.15) is 25.8 Å². The van der Waals surface area contributed by atoms with Gasteiger partial charge in [-0.1, -0.05) is 30.3 Å². The Labute approximate surface area is 115 Å². The van der Waals surface area contributed by atoms with E-state index in [1.807, 2.05) is 39.2 Å². The van der Waals surface area contributed by atoms with Crippen LogP contribution in [-0.4, -0.2) is 19.0 Å². The van der Waals surface area contributed by atoms with Crippen LogP contribution < -0.4 is 0 Å². The highest BCUT2D eigenvalue weighted by atomic mass is 16.5. The number of allylic oxidation sites excluding steroid dienone is 3. The van der Waals surface area contributed by atoms with Crippen LogP contribution in [-0.2, 0) is 4.74 Å². The van der Waals surface area contributed by atoms with Crippen LogP contribution in [0.25, 0.3) is 6.08 Å². The molecular formula is C17H21NO. The van der Waals surface area contributed by atoms with E-state index in [-0.39, 0.29) is 0 Å². The van der Waals surface area contributed by atoms with Crippen molar-refractivity contribution in [2.45, 2.75) is 20.3 Å². The lowest BCUT2D eigenvalue weighted by atomic mass is 10.1. The molecule has 1 aliphatic rings. The number of nitrogens with zero attached hydrogens (tertiary/aromatic N) is 1. The number of likely N-dealkylation sites (N-methyl/N-ethyl adjacent to an activating group) is 1. The summed E-state index contributed by atoms with van der Waals surface area (Å²) in [5, 5.41) is 0. The minimum Gasteiger partial charge on any atom is -0.460 e. The Morgan fingerprint density at radius 1 is 1.16 bits per heavy atom. The van der Waals surface area contributed by atoms with Crippen LogP contribution in [0, 0.1) is 0 Å². The van der Waals surface area contributed by atoms with Crippen molar-refractivity contribution in [3.63, 3.8) is 0 Å². The van der Waals surface area contributed by atoms with Crippen LogP contribution in [0.5, 0.6) is 0 Å². The fourth-order valence-electron chi connectivity index (χ4n) is 1.97. The lowest BCUT2D eigenvalue weighted by Crippen LogP contribution is -2.16. The van der Waals surface area contributed by atoms with Crippen molar-refractivity contribution in [1.29, 1.82) is 0 Å². The number of ether oxygens (including phenoxy) is 1. The Morgan fingerprint density at radius 2 is 1.84 bits per heavy atom. The fourth-order valence-corrected chi connectivity index (χ4v) is 1.97. The molecule has 0 spiro atoms. The third kappa shape index (κ3) is 3.28. The highest BCUT2D eigenvalue weighted by molar-refractivity contribution is 5.57. The van der Waals surface area contributed by atoms with Crippen LogP contribution in [0.4, 0.5) is 0 Å². The van der Waals surface area contributed by atoms with Gasteiger partial charge in [0.25, 0.3) is 0 Å². The second-order valence-electron chi connectivity index (χ2n) is 5.05. The molecule has 1 heterocycles. The molecule has 0 unspecified atom stereocenters. The molecule has 0 bridgehead atoms. The number of rotatable bonds is 3. The summed E-state index contributed by atoms with van der Waals surface area (Å²) in [6, 6.07) is 10.3. The molecule has 0 atom stereocenters. The van der Waals surface area contributed by atoms with Crippen LogP contribution in [0.15, 0.2) is 59.2 Å². The molecular weight excluding hydrogens is 234 g/mol. The fraction of sp³-hybridized carbons (Fsp3) is 0.294. The topological polar surface area (TPSA) is 12.5 Å². The monoisotopic (exact) mass is 255 g/mol. The highest BCUT2D eigenvalue weighted by Gasteiger charge is 2.15. The molecule has 0 saturated carbocycles. The predicted molar refractivity (Wildman–Crippen MR) is 80.3 cm³/mol. The maximum absolute atomic E-state index is 5.92. The molecule has 1 aromatic carbocycles. The molecule has 2 nitrogen and oxygen atoms in total. The zero-order valence-electron chi connectivity index (χ0n) is 12.1. The first kappa shape index (κ1) is 13.5. The molecule has 0 radical (unpaired) electrons. The van der Waals surface area contributed by atoms with Gasteiger partial charge >= 0.3 is 0 Å². The van der Waals surface area contributed by atoms with Gasteiger partial charge in [-0.2, -0.15) is 0 Å². The first-order valence-electron chi connectivity index (χ1n) is 6.56. The number of hydrogen-bond donors (Lipinski definition) is 0. The molecule has 0 saturated heterocycles. The van der Waals surface area contributed by atoms with E-state index in [0.29, 0.717) is 0 Å². The van der Waals surface area contributed by atoms with Crippen molar-refractivity contribution in [2.75, 3.05) is 14.1 Å². The number of hydrogen-bond acceptors (Lipinski definition) is 2. The SMILES string of the molecule is CC1=C(C)OC(C(=Cc2ccccc2)N(C)C)=CC1. The van der Waals surface area contributed by atoms with E-state index in [1.165, 1.54) is 11.1 Å². The van der Waals surface area contributed by atoms with E-state index in [0.717, 1.165) is 23.6 Å². The molecule has 1 aliphatic heterocycles. The Balaban J connectivity index is 2.30. The van der Waals surface area contributed by atoms with Crippen molar-refractivity contribution in [1.82, 2.24) is 4.90 Å². The van der Waals surface area contributed by atoms with Gasteiger partial charge in [-0.3, -0.25) is 0 Å². The summed E-state index contributed by atoms with van der Waals surface area (Å²) in [6.07, 6.45) is 5.26. The van der Waals surface area contributed by atoms with Gasteiger partial charge in [0.15, 0.2) is 0 Å². The maximum Gasteiger partial charge on any atom is 0.146 e. The summed E-state index contributed by atoms with van der Waals surface area (Å²) in [4.78, 5) is 2.09. The summed E-state index contributed by atoms with van der Waals surface area (Å²) in [7, 11) is 4.08. The maximum atomic E-state index is 5.92. The normalized spacial score (nSPS) is 16.0. The van der Waals surface area contributed by atoms with Gasteiger partial charge in [-0.25, -0.2) is 0 Å². The van der Waals surface area contributed by atoms with E-state index >= 15 is 0 Å². The first-order valence-corrected chi connectivity index (χ1v) is 6.56. The minimum atomic E-state index is 0.942. The van der Waals surface area contributed by atoms with Gasteiger partial charge < -0.3 is 9.64 Å². The van der Waals surface area contributed by atoms with E-state index in [2.05, 4.69) is 36.1 Å². The summed E-state index contributed by atoms with van der Waals surface area (Å²) < 4.78 is 5.92. The van der Waals surface area contributed by atoms with Crippen LogP contribution in [0.2, 0.25) is 0 Å². The Kier molecular flexibility index (Phi) is 4.10. The summed E-state index contributed by atoms with van der Waals surface area (Å²) in [5.74, 6) is 1.95. The Hall–Kier alpha value is -1.96. The first-order chi connectivity index (χ1) is 9.08. The average molecular weight is 255 g/mol. The van der Waals surface area contributed by atoms with Gasteiger partial charge in [-0.05, 0) is 43.6 Å². The molecule has 0 amide bonds. The molecule has 19 heavy (non-hydrogen) atoms. The van der Waals surface area contributed by atoms with Crippen LogP contribution in [0.3, 0.4) is 0 Å². The van der Waals surface area contributed by atoms with Gasteiger partial charge in [0, 0.05) is 14.1 Å². The number of benzene rings is 1. The lowest BCUT2D eigenvalue weighted by Gasteiger charge is -2.24. The van der Waals surface area contributed by atoms with Crippen molar-refractivity contribution in [2.24, 2.45) is 0 Å². The predicted octanol–water partition coefficient (Wildman–Crippen LogP) is 4.19. The third-order valence-electron chi connectivity index (χ3n) is 3.29. The zero-order valence-corrected chi connectivity index (χ0v) is 12.1. The van der Waals surface area contributed by atoms with Crippen LogP contribution >= 0.6 is 0 Å². The van der Waals surface area contributed by atoms with Gasteiger partial charge in [0.05, 0.1) is 5.70 Å². The van der Waals surface area contributed by atoms with Crippen molar-refractivity contribution in [3.8, 4) is 0 Å². The van der Waals surface area contributed by atoms with Crippen molar-refractivity contribution >= 4 is 6.08 Å². The minimum absolute atomic E-state index is 0.942. The standard InChI is InChI=1S/C17H21NO/c1-13-10-11-17(19-14(13)2)16(18(3)4)12-15-8-6-5-7-9-15/h5-9,11-12H,10H2,1-4H3. The quantitative estimate of drug-likeness (QED) is 0.803. The molecule has 100 valence electrons. The zero-order chi connectivity index (χ0) is 13.8. The van der Waals surface area contributed by atoms with E-state index in [9.17, 15) is 0 Å². The van der Waals surface area contributed by atoms with E-state index in [4.69, 9.17) is 4.74 Å². The van der Waals surface area contributed by atoms with Gasteiger partial charge in [0.2, 0.25) is 0 Å². The molecule has 2 rings (SSSR count). The largest absolute Gasteiger partial charge is 0.460 e. The molecule has 0 aliphatic carbocycles. The smallest absolute Gasteiger partial charge is 0.146 e. The lowest BCUT2D eigenvalue weighted by molar-refractivity contribution is 0.281. The van der Waals surface area contributed by atoms with Gasteiger partial charge in [0.1, 0.15) is 11.5 Å². The molecule has 1 aromatic rings.